The zero-order valence-corrected chi connectivity index (χ0v) is 14.1. The summed E-state index contributed by atoms with van der Waals surface area (Å²) in [5.74, 6) is -0.527. The highest BCUT2D eigenvalue weighted by molar-refractivity contribution is 5.96. The Kier molecular flexibility index (Phi) is 4.31. The topological polar surface area (TPSA) is 61.9 Å². The van der Waals surface area contributed by atoms with Crippen LogP contribution in [0.15, 0.2) is 18.2 Å². The van der Waals surface area contributed by atoms with E-state index in [-0.39, 0.29) is 23.7 Å². The number of likely N-dealkylation sites (tertiary alicyclic amines) is 1. The molecule has 2 fully saturated rings. The molecule has 0 aromatic heterocycles. The smallest absolute Gasteiger partial charge is 0.254 e. The van der Waals surface area contributed by atoms with Gasteiger partial charge < -0.3 is 15.0 Å². The van der Waals surface area contributed by atoms with Gasteiger partial charge in [0.25, 0.3) is 5.91 Å². The van der Waals surface area contributed by atoms with Crippen LogP contribution < -0.4 is 5.32 Å². The number of carbonyl (C=O) groups excluding carboxylic acids is 2. The standard InChI is InChI=1S/C17H22FN3O3/c1-11-6-12(18)4-5-13(11)16(23)21-9-17(10-21)8-20(3)14(7-24-17)15(22)19-2/h4-6,14H,7-10H2,1-3H3,(H,19,22). The van der Waals surface area contributed by atoms with E-state index in [2.05, 4.69) is 5.32 Å². The number of aryl methyl sites for hydroxylation is 1. The van der Waals surface area contributed by atoms with E-state index in [0.717, 1.165) is 0 Å². The lowest BCUT2D eigenvalue weighted by atomic mass is 9.89. The molecule has 0 aliphatic carbocycles. The normalized spacial score (nSPS) is 23.0. The van der Waals surface area contributed by atoms with E-state index in [1.165, 1.54) is 18.2 Å². The van der Waals surface area contributed by atoms with Gasteiger partial charge >= 0.3 is 0 Å². The summed E-state index contributed by atoms with van der Waals surface area (Å²) in [4.78, 5) is 28.0. The zero-order chi connectivity index (χ0) is 17.5. The number of hydrogen-bond donors (Lipinski definition) is 1. The van der Waals surface area contributed by atoms with Crippen LogP contribution in [0.2, 0.25) is 0 Å². The number of nitrogens with zero attached hydrogens (tertiary/aromatic N) is 2. The number of hydrogen-bond acceptors (Lipinski definition) is 4. The second kappa shape index (κ2) is 6.14. The molecule has 1 atom stereocenters. The van der Waals surface area contributed by atoms with Crippen molar-refractivity contribution in [3.05, 3.63) is 35.1 Å². The number of nitrogens with one attached hydrogen (secondary N) is 1. The van der Waals surface area contributed by atoms with Gasteiger partial charge in [0.2, 0.25) is 5.91 Å². The van der Waals surface area contributed by atoms with Crippen molar-refractivity contribution in [3.8, 4) is 0 Å². The quantitative estimate of drug-likeness (QED) is 0.850. The van der Waals surface area contributed by atoms with Crippen molar-refractivity contribution in [2.75, 3.05) is 40.3 Å². The van der Waals surface area contributed by atoms with Crippen LogP contribution in [0.4, 0.5) is 4.39 Å². The van der Waals surface area contributed by atoms with E-state index in [1.807, 2.05) is 11.9 Å². The molecule has 1 spiro atoms. The van der Waals surface area contributed by atoms with Gasteiger partial charge in [0.15, 0.2) is 0 Å². The molecule has 2 amide bonds. The van der Waals surface area contributed by atoms with Crippen molar-refractivity contribution in [2.24, 2.45) is 0 Å². The van der Waals surface area contributed by atoms with Gasteiger partial charge in [-0.15, -0.1) is 0 Å². The van der Waals surface area contributed by atoms with E-state index in [4.69, 9.17) is 4.74 Å². The maximum Gasteiger partial charge on any atom is 0.254 e. The van der Waals surface area contributed by atoms with Crippen LogP contribution in [-0.4, -0.2) is 73.6 Å². The molecule has 2 saturated heterocycles. The van der Waals surface area contributed by atoms with E-state index >= 15 is 0 Å². The zero-order valence-electron chi connectivity index (χ0n) is 14.1. The lowest BCUT2D eigenvalue weighted by molar-refractivity contribution is -0.187. The second-order valence-corrected chi connectivity index (χ2v) is 6.66. The SMILES string of the molecule is CNC(=O)C1COC2(CN(C(=O)c3ccc(F)cc3C)C2)CN1C. The second-order valence-electron chi connectivity index (χ2n) is 6.66. The van der Waals surface area contributed by atoms with Crippen molar-refractivity contribution in [2.45, 2.75) is 18.6 Å². The Morgan fingerprint density at radius 1 is 1.33 bits per heavy atom. The fourth-order valence-corrected chi connectivity index (χ4v) is 3.46. The molecule has 3 rings (SSSR count). The van der Waals surface area contributed by atoms with Crippen LogP contribution in [0.25, 0.3) is 0 Å². The predicted molar refractivity (Wildman–Crippen MR) is 86.2 cm³/mol. The molecule has 0 radical (unpaired) electrons. The van der Waals surface area contributed by atoms with Crippen molar-refractivity contribution >= 4 is 11.8 Å². The fraction of sp³-hybridized carbons (Fsp3) is 0.529. The minimum atomic E-state index is -0.414. The van der Waals surface area contributed by atoms with E-state index in [9.17, 15) is 14.0 Å². The third-order valence-electron chi connectivity index (χ3n) is 4.83. The van der Waals surface area contributed by atoms with E-state index < -0.39 is 5.60 Å². The Morgan fingerprint density at radius 2 is 2.04 bits per heavy atom. The molecule has 6 nitrogen and oxygen atoms in total. The molecular formula is C17H22FN3O3. The van der Waals surface area contributed by atoms with Crippen molar-refractivity contribution in [1.29, 1.82) is 0 Å². The lowest BCUT2D eigenvalue weighted by Crippen LogP contribution is -2.73. The highest BCUT2D eigenvalue weighted by atomic mass is 19.1. The number of likely N-dealkylation sites (N-methyl/N-ethyl adjacent to an activating group) is 2. The molecule has 2 aliphatic heterocycles. The van der Waals surface area contributed by atoms with Crippen LogP contribution in [-0.2, 0) is 9.53 Å². The molecule has 2 aliphatic rings. The lowest BCUT2D eigenvalue weighted by Gasteiger charge is -2.54. The number of ether oxygens (including phenoxy) is 1. The number of morpholine rings is 1. The summed E-state index contributed by atoms with van der Waals surface area (Å²) in [6.07, 6.45) is 0. The summed E-state index contributed by atoms with van der Waals surface area (Å²) in [6.45, 7) is 3.59. The number of amides is 2. The number of halogens is 1. The summed E-state index contributed by atoms with van der Waals surface area (Å²) in [5.41, 5.74) is 0.726. The van der Waals surface area contributed by atoms with Crippen LogP contribution in [0, 0.1) is 12.7 Å². The minimum Gasteiger partial charge on any atom is -0.368 e. The van der Waals surface area contributed by atoms with Gasteiger partial charge in [0.05, 0.1) is 19.7 Å². The minimum absolute atomic E-state index is 0.0680. The fourth-order valence-electron chi connectivity index (χ4n) is 3.46. The Labute approximate surface area is 140 Å². The molecule has 0 saturated carbocycles. The van der Waals surface area contributed by atoms with Gasteiger partial charge in [-0.2, -0.15) is 0 Å². The van der Waals surface area contributed by atoms with Gasteiger partial charge in [-0.25, -0.2) is 4.39 Å². The average molecular weight is 335 g/mol. The molecule has 24 heavy (non-hydrogen) atoms. The number of benzene rings is 1. The van der Waals surface area contributed by atoms with E-state index in [1.54, 1.807) is 18.9 Å². The van der Waals surface area contributed by atoms with Crippen molar-refractivity contribution < 1.29 is 18.7 Å². The predicted octanol–water partition coefficient (Wildman–Crippen LogP) is 0.405. The maximum atomic E-state index is 13.2. The monoisotopic (exact) mass is 335 g/mol. The van der Waals surface area contributed by atoms with Gasteiger partial charge in [0, 0.05) is 19.2 Å². The van der Waals surface area contributed by atoms with Crippen LogP contribution in [0.3, 0.4) is 0 Å². The summed E-state index contributed by atoms with van der Waals surface area (Å²) in [7, 11) is 3.49. The molecule has 2 heterocycles. The molecular weight excluding hydrogens is 313 g/mol. The molecule has 130 valence electrons. The first-order chi connectivity index (χ1) is 11.3. The number of rotatable bonds is 2. The molecule has 1 N–H and O–H groups in total. The average Bonchev–Trinajstić information content (AvgIpc) is 2.51. The first-order valence-corrected chi connectivity index (χ1v) is 7.96. The summed E-state index contributed by atoms with van der Waals surface area (Å²) < 4.78 is 19.1. The van der Waals surface area contributed by atoms with Gasteiger partial charge in [0.1, 0.15) is 17.5 Å². The molecule has 7 heteroatoms. The number of carbonyl (C=O) groups is 2. The molecule has 0 bridgehead atoms. The van der Waals surface area contributed by atoms with Crippen molar-refractivity contribution in [1.82, 2.24) is 15.1 Å². The van der Waals surface area contributed by atoms with Crippen LogP contribution in [0.1, 0.15) is 15.9 Å². The summed E-state index contributed by atoms with van der Waals surface area (Å²) in [5, 5.41) is 2.63. The Balaban J connectivity index is 1.63. The van der Waals surface area contributed by atoms with Gasteiger partial charge in [-0.05, 0) is 37.7 Å². The first-order valence-electron chi connectivity index (χ1n) is 7.96. The third-order valence-corrected chi connectivity index (χ3v) is 4.83. The maximum absolute atomic E-state index is 13.2. The van der Waals surface area contributed by atoms with Crippen LogP contribution in [0.5, 0.6) is 0 Å². The van der Waals surface area contributed by atoms with Crippen LogP contribution >= 0.6 is 0 Å². The first kappa shape index (κ1) is 16.9. The summed E-state index contributed by atoms with van der Waals surface area (Å²) in [6, 6.07) is 3.88. The van der Waals surface area contributed by atoms with Crippen molar-refractivity contribution in [3.63, 3.8) is 0 Å². The highest BCUT2D eigenvalue weighted by Crippen LogP contribution is 2.32. The molecule has 1 aromatic carbocycles. The molecule has 1 aromatic rings. The largest absolute Gasteiger partial charge is 0.368 e. The van der Waals surface area contributed by atoms with Gasteiger partial charge in [-0.1, -0.05) is 0 Å². The highest BCUT2D eigenvalue weighted by Gasteiger charge is 2.51. The Bertz CT molecular complexity index is 673. The third kappa shape index (κ3) is 2.89. The summed E-state index contributed by atoms with van der Waals surface area (Å²) >= 11 is 0. The molecule has 1 unspecified atom stereocenters. The Morgan fingerprint density at radius 3 is 2.62 bits per heavy atom. The van der Waals surface area contributed by atoms with E-state index in [0.29, 0.717) is 37.4 Å². The Hall–Kier alpha value is -1.99. The van der Waals surface area contributed by atoms with Gasteiger partial charge in [-0.3, -0.25) is 14.5 Å².